The van der Waals surface area contributed by atoms with Crippen LogP contribution in [0.25, 0.3) is 0 Å². The van der Waals surface area contributed by atoms with E-state index in [9.17, 15) is 8.42 Å². The molecule has 1 aromatic rings. The first-order valence-electron chi connectivity index (χ1n) is 5.39. The standard InChI is InChI=1S/C11H17BrN2O2S/c1-3-14(2)9-8-13-17(15,16)11-6-4-10(12)5-7-11/h4-7,13H,3,8-9H2,1-2H3. The molecule has 1 aromatic carbocycles. The molecule has 0 saturated carbocycles. The van der Waals surface area contributed by atoms with E-state index in [0.29, 0.717) is 18.0 Å². The number of sulfonamides is 1. The molecule has 0 aliphatic heterocycles. The van der Waals surface area contributed by atoms with Crippen LogP contribution in [-0.4, -0.2) is 40.0 Å². The van der Waals surface area contributed by atoms with E-state index in [1.54, 1.807) is 24.3 Å². The number of rotatable bonds is 6. The molecule has 0 aromatic heterocycles. The van der Waals surface area contributed by atoms with Crippen LogP contribution in [0.3, 0.4) is 0 Å². The van der Waals surface area contributed by atoms with Gasteiger partial charge in [-0.05, 0) is 37.9 Å². The van der Waals surface area contributed by atoms with Crippen LogP contribution in [0, 0.1) is 0 Å². The predicted octanol–water partition coefficient (Wildman–Crippen LogP) is 1.68. The molecule has 17 heavy (non-hydrogen) atoms. The van der Waals surface area contributed by atoms with E-state index in [1.807, 2.05) is 18.9 Å². The van der Waals surface area contributed by atoms with Crippen LogP contribution >= 0.6 is 15.9 Å². The Bertz CT molecular complexity index is 445. The first kappa shape index (κ1) is 14.6. The van der Waals surface area contributed by atoms with Crippen LogP contribution in [0.2, 0.25) is 0 Å². The highest BCUT2D eigenvalue weighted by atomic mass is 79.9. The summed E-state index contributed by atoms with van der Waals surface area (Å²) in [5.41, 5.74) is 0. The van der Waals surface area contributed by atoms with Crippen molar-refractivity contribution in [1.82, 2.24) is 9.62 Å². The van der Waals surface area contributed by atoms with Gasteiger partial charge in [0.05, 0.1) is 4.90 Å². The van der Waals surface area contributed by atoms with Crippen LogP contribution in [-0.2, 0) is 10.0 Å². The van der Waals surface area contributed by atoms with Gasteiger partial charge < -0.3 is 4.90 Å². The van der Waals surface area contributed by atoms with Crippen LogP contribution in [0.4, 0.5) is 0 Å². The molecule has 0 fully saturated rings. The number of nitrogens with zero attached hydrogens (tertiary/aromatic N) is 1. The molecule has 0 bridgehead atoms. The molecule has 96 valence electrons. The highest BCUT2D eigenvalue weighted by molar-refractivity contribution is 9.10. The summed E-state index contributed by atoms with van der Waals surface area (Å²) in [6, 6.07) is 6.59. The molecule has 0 unspecified atom stereocenters. The summed E-state index contributed by atoms with van der Waals surface area (Å²) in [5.74, 6) is 0. The molecule has 1 rings (SSSR count). The third-order valence-electron chi connectivity index (χ3n) is 2.45. The summed E-state index contributed by atoms with van der Waals surface area (Å²) in [4.78, 5) is 2.34. The van der Waals surface area contributed by atoms with Crippen LogP contribution < -0.4 is 4.72 Å². The maximum absolute atomic E-state index is 11.9. The number of hydrogen-bond acceptors (Lipinski definition) is 3. The van der Waals surface area contributed by atoms with Crippen molar-refractivity contribution in [2.75, 3.05) is 26.7 Å². The van der Waals surface area contributed by atoms with Crippen molar-refractivity contribution in [3.63, 3.8) is 0 Å². The van der Waals surface area contributed by atoms with Crippen LogP contribution in [0.5, 0.6) is 0 Å². The molecule has 0 spiro atoms. The summed E-state index contributed by atoms with van der Waals surface area (Å²) >= 11 is 3.27. The zero-order valence-corrected chi connectivity index (χ0v) is 12.4. The molecule has 0 atom stereocenters. The summed E-state index contributed by atoms with van der Waals surface area (Å²) in [7, 11) is -1.43. The normalized spacial score (nSPS) is 12.0. The Balaban J connectivity index is 2.60. The number of nitrogens with one attached hydrogen (secondary N) is 1. The van der Waals surface area contributed by atoms with Gasteiger partial charge in [0.2, 0.25) is 10.0 Å². The molecule has 0 saturated heterocycles. The van der Waals surface area contributed by atoms with E-state index < -0.39 is 10.0 Å². The van der Waals surface area contributed by atoms with E-state index in [-0.39, 0.29) is 0 Å². The monoisotopic (exact) mass is 320 g/mol. The van der Waals surface area contributed by atoms with Crippen molar-refractivity contribution in [3.8, 4) is 0 Å². The number of hydrogen-bond donors (Lipinski definition) is 1. The van der Waals surface area contributed by atoms with Crippen molar-refractivity contribution in [3.05, 3.63) is 28.7 Å². The Hall–Kier alpha value is -0.430. The number of halogens is 1. The number of likely N-dealkylation sites (N-methyl/N-ethyl adjacent to an activating group) is 1. The third-order valence-corrected chi connectivity index (χ3v) is 4.45. The van der Waals surface area contributed by atoms with Crippen molar-refractivity contribution < 1.29 is 8.42 Å². The zero-order chi connectivity index (χ0) is 12.9. The second-order valence-corrected chi connectivity index (χ2v) is 6.43. The lowest BCUT2D eigenvalue weighted by molar-refractivity contribution is 0.358. The fraction of sp³-hybridized carbons (Fsp3) is 0.455. The van der Waals surface area contributed by atoms with Crippen LogP contribution in [0.1, 0.15) is 6.92 Å². The van der Waals surface area contributed by atoms with Gasteiger partial charge in [-0.2, -0.15) is 0 Å². The second kappa shape index (κ2) is 6.49. The van der Waals surface area contributed by atoms with Crippen molar-refractivity contribution >= 4 is 26.0 Å². The van der Waals surface area contributed by atoms with Gasteiger partial charge in [-0.15, -0.1) is 0 Å². The van der Waals surface area contributed by atoms with E-state index in [0.717, 1.165) is 11.0 Å². The lowest BCUT2D eigenvalue weighted by Crippen LogP contribution is -2.32. The molecule has 0 amide bonds. The Morgan fingerprint density at radius 1 is 1.29 bits per heavy atom. The van der Waals surface area contributed by atoms with Gasteiger partial charge in [0.15, 0.2) is 0 Å². The smallest absolute Gasteiger partial charge is 0.240 e. The van der Waals surface area contributed by atoms with Gasteiger partial charge >= 0.3 is 0 Å². The Morgan fingerprint density at radius 3 is 2.41 bits per heavy atom. The molecule has 0 radical (unpaired) electrons. The summed E-state index contributed by atoms with van der Waals surface area (Å²) in [6.07, 6.45) is 0. The Morgan fingerprint density at radius 2 is 1.88 bits per heavy atom. The molecule has 0 aliphatic rings. The summed E-state index contributed by atoms with van der Waals surface area (Å²) < 4.78 is 27.2. The average molecular weight is 321 g/mol. The van der Waals surface area contributed by atoms with Gasteiger partial charge in [-0.3, -0.25) is 0 Å². The van der Waals surface area contributed by atoms with E-state index in [2.05, 4.69) is 20.7 Å². The average Bonchev–Trinajstić information content (AvgIpc) is 2.29. The molecular weight excluding hydrogens is 304 g/mol. The first-order chi connectivity index (χ1) is 7.95. The minimum atomic E-state index is -3.38. The molecule has 4 nitrogen and oxygen atoms in total. The minimum absolute atomic E-state index is 0.292. The fourth-order valence-corrected chi connectivity index (χ4v) is 2.51. The third kappa shape index (κ3) is 4.75. The number of benzene rings is 1. The van der Waals surface area contributed by atoms with Crippen molar-refractivity contribution in [1.29, 1.82) is 0 Å². The maximum atomic E-state index is 11.9. The fourth-order valence-electron chi connectivity index (χ4n) is 1.23. The predicted molar refractivity (Wildman–Crippen MR) is 72.5 cm³/mol. The summed E-state index contributed by atoms with van der Waals surface area (Å²) in [5, 5.41) is 0. The van der Waals surface area contributed by atoms with E-state index in [4.69, 9.17) is 0 Å². The second-order valence-electron chi connectivity index (χ2n) is 3.75. The first-order valence-corrected chi connectivity index (χ1v) is 7.67. The lowest BCUT2D eigenvalue weighted by atomic mass is 10.4. The van der Waals surface area contributed by atoms with E-state index >= 15 is 0 Å². The Labute approximate surface area is 111 Å². The van der Waals surface area contributed by atoms with Gasteiger partial charge in [0.25, 0.3) is 0 Å². The highest BCUT2D eigenvalue weighted by Gasteiger charge is 2.12. The van der Waals surface area contributed by atoms with Crippen LogP contribution in [0.15, 0.2) is 33.6 Å². The zero-order valence-electron chi connectivity index (χ0n) is 9.98. The molecule has 6 heteroatoms. The van der Waals surface area contributed by atoms with Gasteiger partial charge in [0, 0.05) is 17.6 Å². The Kier molecular flexibility index (Phi) is 5.58. The quantitative estimate of drug-likeness (QED) is 0.867. The van der Waals surface area contributed by atoms with Gasteiger partial charge in [0.1, 0.15) is 0 Å². The minimum Gasteiger partial charge on any atom is -0.305 e. The van der Waals surface area contributed by atoms with Crippen molar-refractivity contribution in [2.24, 2.45) is 0 Å². The topological polar surface area (TPSA) is 49.4 Å². The SMILES string of the molecule is CCN(C)CCNS(=O)(=O)c1ccc(Br)cc1. The molecule has 0 heterocycles. The largest absolute Gasteiger partial charge is 0.305 e. The molecular formula is C11H17BrN2O2S. The molecule has 0 aliphatic carbocycles. The van der Waals surface area contributed by atoms with Gasteiger partial charge in [-0.25, -0.2) is 13.1 Å². The van der Waals surface area contributed by atoms with E-state index in [1.165, 1.54) is 0 Å². The maximum Gasteiger partial charge on any atom is 0.240 e. The summed E-state index contributed by atoms with van der Waals surface area (Å²) in [6.45, 7) is 4.05. The molecule has 1 N–H and O–H groups in total. The van der Waals surface area contributed by atoms with Gasteiger partial charge in [-0.1, -0.05) is 22.9 Å². The van der Waals surface area contributed by atoms with Crippen molar-refractivity contribution in [2.45, 2.75) is 11.8 Å². The highest BCUT2D eigenvalue weighted by Crippen LogP contribution is 2.14. The lowest BCUT2D eigenvalue weighted by Gasteiger charge is -2.14.